The third-order valence-electron chi connectivity index (χ3n) is 26.4. The SMILES string of the molecule is CC(C)(C1CCN(C(=O)NCC2(O)CCC2)CC1)[C@H](O)c1cc(Cl)cc2cn[nH]c12.CC(C)(C1CCN(C(=O)NCCC#N)CC1)[C@H](O)c1cc(Cl)cc2cn[nH]c12.CC(C)(C1CCN(C(=O)Nc2ccc(Cl)nc2)CC1)[C@H](O)c1cc(Cl)cc2cn[nH]c12.CC1(CNC(=O)N2CCC(C(C)(C)[C@H](O)c3cc(Cl)cc4cn[nH]c34)CC2)COC1. The number of rotatable bonds is 19. The van der Waals surface area contributed by atoms with E-state index in [0.29, 0.717) is 123 Å². The Morgan fingerprint density at radius 1 is 0.487 bits per heavy atom. The summed E-state index contributed by atoms with van der Waals surface area (Å²) in [6.07, 6.45) is 14.9. The number of ether oxygens (including phenoxy) is 1. The fourth-order valence-electron chi connectivity index (χ4n) is 17.9. The number of fused-ring (bicyclic) bond motifs is 4. The molecule has 33 heteroatoms. The van der Waals surface area contributed by atoms with E-state index in [4.69, 9.17) is 68.0 Å². The summed E-state index contributed by atoms with van der Waals surface area (Å²) in [7, 11) is 0. The van der Waals surface area contributed by atoms with E-state index in [9.17, 15) is 44.7 Å². The number of piperidine rings is 4. The van der Waals surface area contributed by atoms with Gasteiger partial charge in [-0.3, -0.25) is 20.4 Å². The van der Waals surface area contributed by atoms with E-state index in [1.807, 2.05) is 52.3 Å². The molecule has 5 saturated heterocycles. The van der Waals surface area contributed by atoms with Crippen molar-refractivity contribution in [2.24, 2.45) is 50.7 Å². The minimum atomic E-state index is -0.723. The first-order valence-corrected chi connectivity index (χ1v) is 43.0. The fraction of sp³-hybridized carbons (Fsp3) is 0.558. The highest BCUT2D eigenvalue weighted by molar-refractivity contribution is 6.32. The van der Waals surface area contributed by atoms with Crippen molar-refractivity contribution in [3.63, 3.8) is 0 Å². The number of aliphatic hydroxyl groups excluding tert-OH is 4. The lowest BCUT2D eigenvalue weighted by Crippen LogP contribution is -2.53. The van der Waals surface area contributed by atoms with Crippen LogP contribution in [0.5, 0.6) is 0 Å². The Balaban J connectivity index is 0.000000146. The van der Waals surface area contributed by atoms with E-state index in [-0.39, 0.29) is 58.6 Å². The summed E-state index contributed by atoms with van der Waals surface area (Å²) >= 11 is 30.9. The molecule has 4 aromatic carbocycles. The van der Waals surface area contributed by atoms with Gasteiger partial charge in [-0.15, -0.1) is 0 Å². The van der Waals surface area contributed by atoms with E-state index >= 15 is 0 Å². The molecule has 0 unspecified atom stereocenters. The maximum Gasteiger partial charge on any atom is 0.321 e. The standard InChI is InChI=1S/C22H25Cl2N5O2.2C22H31ClN4O3.C20H26ClN5O2/c1-22(2,20(30)17-10-15(23)9-13-11-26-28-19(13)17)14-5-7-29(8-6-14)21(31)27-16-3-4-18(24)25-12-16;1-21(2,19(28)17-9-16(23)8-14-10-25-26-18(14)17)15-4-6-27(7-5-15)20(29)24-11-22(3)12-30-13-22;1-21(2,19(28)17-11-16(23)10-14-12-25-26-18(14)17)15-4-8-27(9-5-15)20(29)24-13-22(30)6-3-7-22;1-20(2,14-4-8-26(9-5-14)19(28)23-7-3-6-22)18(27)16-11-15(21)10-13-12-24-25-17(13)16/h3-4,9-12,14,20,30H,5-8H2,1-2H3,(H,26,28)(H,27,31);8-10,15,19,28H,4-7,11-13H2,1-3H3,(H,24,29)(H,25,26);10-12,15,19,28,30H,3-9,13H2,1-2H3,(H,24,29)(H,25,26);10-12,14,18,27H,3-5,7-9H2,1-2H3,(H,23,28)(H,24,25)/t20-;2*19-;18-/m1111/s1. The van der Waals surface area contributed by atoms with Crippen LogP contribution in [0.2, 0.25) is 25.2 Å². The Bertz CT molecular complexity index is 4880. The van der Waals surface area contributed by atoms with E-state index < -0.39 is 46.3 Å². The molecule has 1 saturated carbocycles. The van der Waals surface area contributed by atoms with Crippen molar-refractivity contribution in [3.8, 4) is 6.07 Å². The molecule has 10 heterocycles. The number of hydrogen-bond donors (Lipinski definition) is 13. The molecule has 5 aromatic heterocycles. The van der Waals surface area contributed by atoms with Crippen LogP contribution < -0.4 is 21.3 Å². The average Bonchev–Trinajstić information content (AvgIpc) is 1.77. The third-order valence-corrected chi connectivity index (χ3v) is 27.5. The third kappa shape index (κ3) is 20.9. The largest absolute Gasteiger partial charge is 0.388 e. The molecule has 0 bridgehead atoms. The number of nitriles is 1. The number of carbonyl (C=O) groups is 4. The van der Waals surface area contributed by atoms with Gasteiger partial charge in [-0.2, -0.15) is 25.7 Å². The number of H-pyrrole nitrogens is 4. The first kappa shape index (κ1) is 89.9. The molecule has 0 radical (unpaired) electrons. The Labute approximate surface area is 718 Å². The molecule has 15 rings (SSSR count). The summed E-state index contributed by atoms with van der Waals surface area (Å²) in [4.78, 5) is 61.0. The minimum Gasteiger partial charge on any atom is -0.388 e. The molecule has 28 nitrogen and oxygen atoms in total. The van der Waals surface area contributed by atoms with Gasteiger partial charge >= 0.3 is 24.1 Å². The summed E-state index contributed by atoms with van der Waals surface area (Å²) in [5.41, 5.74) is 4.66. The van der Waals surface area contributed by atoms with Crippen LogP contribution in [0, 0.1) is 62.1 Å². The van der Waals surface area contributed by atoms with Crippen molar-refractivity contribution in [2.45, 2.75) is 169 Å². The Kier molecular flexibility index (Phi) is 28.7. The van der Waals surface area contributed by atoms with E-state index in [0.717, 1.165) is 136 Å². The number of halogens is 5. The molecule has 1 aliphatic carbocycles. The zero-order valence-electron chi connectivity index (χ0n) is 69.1. The van der Waals surface area contributed by atoms with Gasteiger partial charge in [0.1, 0.15) is 5.15 Å². The van der Waals surface area contributed by atoms with Crippen LogP contribution in [-0.2, 0) is 4.74 Å². The van der Waals surface area contributed by atoms with E-state index in [2.05, 4.69) is 129 Å². The number of urea groups is 4. The second kappa shape index (κ2) is 38.0. The lowest BCUT2D eigenvalue weighted by Gasteiger charge is -2.44. The lowest BCUT2D eigenvalue weighted by atomic mass is 9.68. The van der Waals surface area contributed by atoms with Crippen LogP contribution in [0.1, 0.15) is 186 Å². The number of carbonyl (C=O) groups excluding carboxylic acids is 4. The number of benzene rings is 4. The highest BCUT2D eigenvalue weighted by atomic mass is 35.5. The molecular formula is C86H113Cl5N18O10. The Hall–Kier alpha value is -8.31. The maximum absolute atomic E-state index is 12.6. The number of nitrogens with one attached hydrogen (secondary N) is 8. The van der Waals surface area contributed by atoms with Crippen LogP contribution in [0.25, 0.3) is 43.6 Å². The van der Waals surface area contributed by atoms with Crippen molar-refractivity contribution in [2.75, 3.05) is 90.5 Å². The smallest absolute Gasteiger partial charge is 0.321 e. The van der Waals surface area contributed by atoms with E-state index in [1.165, 1.54) is 6.20 Å². The van der Waals surface area contributed by atoms with Gasteiger partial charge in [0.25, 0.3) is 0 Å². The van der Waals surface area contributed by atoms with Gasteiger partial charge in [-0.05, 0) is 177 Å². The van der Waals surface area contributed by atoms with Crippen LogP contribution in [0.3, 0.4) is 0 Å². The van der Waals surface area contributed by atoms with Gasteiger partial charge in [0.05, 0.1) is 114 Å². The molecule has 642 valence electrons. The molecule has 4 atom stereocenters. The Morgan fingerprint density at radius 2 is 0.798 bits per heavy atom. The normalized spacial score (nSPS) is 18.7. The van der Waals surface area contributed by atoms with Gasteiger partial charge in [0, 0.05) is 141 Å². The van der Waals surface area contributed by atoms with Crippen molar-refractivity contribution in [3.05, 3.63) is 139 Å². The van der Waals surface area contributed by atoms with Crippen molar-refractivity contribution >= 4 is 131 Å². The number of aliphatic hydroxyl groups is 5. The topological polar surface area (TPSA) is 391 Å². The minimum absolute atomic E-state index is 0.00561. The maximum atomic E-state index is 12.6. The molecule has 8 amide bonds. The summed E-state index contributed by atoms with van der Waals surface area (Å²) in [5.74, 6) is 1.03. The molecule has 0 spiro atoms. The summed E-state index contributed by atoms with van der Waals surface area (Å²) in [5, 5.41) is 110. The summed E-state index contributed by atoms with van der Waals surface area (Å²) in [6.45, 7) is 26.6. The second-order valence-electron chi connectivity index (χ2n) is 35.9. The van der Waals surface area contributed by atoms with Crippen LogP contribution >= 0.6 is 58.0 Å². The number of hydrogen-bond acceptors (Lipinski definition) is 16. The van der Waals surface area contributed by atoms with Crippen LogP contribution in [0.15, 0.2) is 91.6 Å². The number of amides is 8. The van der Waals surface area contributed by atoms with Crippen LogP contribution in [0.4, 0.5) is 24.9 Å². The van der Waals surface area contributed by atoms with Crippen molar-refractivity contribution in [1.82, 2.24) is 81.3 Å². The molecule has 6 fully saturated rings. The number of aromatic amines is 4. The van der Waals surface area contributed by atoms with Crippen LogP contribution in [-0.4, -0.2) is 206 Å². The van der Waals surface area contributed by atoms with Gasteiger partial charge < -0.3 is 71.1 Å². The number of nitrogens with zero attached hydrogens (tertiary/aromatic N) is 10. The molecular weight excluding hydrogens is 1620 g/mol. The zero-order chi connectivity index (χ0) is 85.5. The lowest BCUT2D eigenvalue weighted by molar-refractivity contribution is -0.0979. The average molecular weight is 1740 g/mol. The quantitative estimate of drug-likeness (QED) is 0.0264. The fourth-order valence-corrected chi connectivity index (χ4v) is 19.0. The molecule has 6 aliphatic rings. The highest BCUT2D eigenvalue weighted by Gasteiger charge is 2.46. The predicted molar refractivity (Wildman–Crippen MR) is 463 cm³/mol. The van der Waals surface area contributed by atoms with Crippen molar-refractivity contribution in [1.29, 1.82) is 5.26 Å². The number of likely N-dealkylation sites (tertiary alicyclic amines) is 4. The zero-order valence-corrected chi connectivity index (χ0v) is 72.9. The number of pyridine rings is 1. The van der Waals surface area contributed by atoms with Gasteiger partial charge in [0.2, 0.25) is 0 Å². The monoisotopic (exact) mass is 1730 g/mol. The van der Waals surface area contributed by atoms with Crippen molar-refractivity contribution < 1.29 is 49.4 Å². The highest BCUT2D eigenvalue weighted by Crippen LogP contribution is 2.51. The molecule has 9 aromatic rings. The van der Waals surface area contributed by atoms with Gasteiger partial charge in [-0.1, -0.05) is 120 Å². The summed E-state index contributed by atoms with van der Waals surface area (Å²) < 4.78 is 5.25. The molecule has 5 aliphatic heterocycles. The van der Waals surface area contributed by atoms with Gasteiger partial charge in [-0.25, -0.2) is 24.2 Å². The predicted octanol–water partition coefficient (Wildman–Crippen LogP) is 16.2. The Morgan fingerprint density at radius 3 is 1.08 bits per heavy atom. The second-order valence-corrected chi connectivity index (χ2v) is 38.0. The summed E-state index contributed by atoms with van der Waals surface area (Å²) in [6, 6.07) is 19.5. The molecule has 13 N–H and O–H groups in total. The first-order chi connectivity index (χ1) is 56.5. The molecule has 119 heavy (non-hydrogen) atoms. The number of aromatic nitrogens is 9. The van der Waals surface area contributed by atoms with E-state index in [1.54, 1.807) is 58.9 Å². The number of anilines is 1. The van der Waals surface area contributed by atoms with Gasteiger partial charge in [0.15, 0.2) is 0 Å². The first-order valence-electron chi connectivity index (χ1n) is 41.1.